The highest BCUT2D eigenvalue weighted by Gasteiger charge is 2.33. The number of halogens is 5. The molecule has 0 aromatic heterocycles. The van der Waals surface area contributed by atoms with Crippen LogP contribution in [0.1, 0.15) is 5.56 Å². The number of amides is 1. The number of nitrogens with one attached hydrogen (secondary N) is 2. The van der Waals surface area contributed by atoms with E-state index in [-0.39, 0.29) is 0 Å². The van der Waals surface area contributed by atoms with Crippen LogP contribution >= 0.6 is 0 Å². The van der Waals surface area contributed by atoms with E-state index in [1.54, 1.807) is 0 Å². The lowest BCUT2D eigenvalue weighted by atomic mass is 10.1. The van der Waals surface area contributed by atoms with E-state index < -0.39 is 57.9 Å². The molecular formula is C15H10F5N3O4. The third kappa shape index (κ3) is 5.26. The van der Waals surface area contributed by atoms with Gasteiger partial charge < -0.3 is 4.74 Å². The molecule has 0 aliphatic rings. The first-order chi connectivity index (χ1) is 12.6. The number of hydrogen-bond acceptors (Lipinski definition) is 5. The van der Waals surface area contributed by atoms with Crippen molar-refractivity contribution < 1.29 is 36.4 Å². The molecule has 12 heteroatoms. The molecule has 0 unspecified atom stereocenters. The van der Waals surface area contributed by atoms with Crippen molar-refractivity contribution in [3.05, 3.63) is 63.7 Å². The van der Waals surface area contributed by atoms with Gasteiger partial charge in [-0.05, 0) is 24.3 Å². The van der Waals surface area contributed by atoms with Crippen molar-refractivity contribution in [2.75, 3.05) is 12.0 Å². The Hall–Kier alpha value is -3.44. The number of carbonyl (C=O) groups is 1. The van der Waals surface area contributed by atoms with Crippen molar-refractivity contribution in [3.8, 4) is 5.75 Å². The second-order valence-corrected chi connectivity index (χ2v) is 5.02. The van der Waals surface area contributed by atoms with E-state index >= 15 is 0 Å². The molecule has 144 valence electrons. The van der Waals surface area contributed by atoms with Crippen LogP contribution < -0.4 is 15.6 Å². The summed E-state index contributed by atoms with van der Waals surface area (Å²) in [7, 11) is 0. The summed E-state index contributed by atoms with van der Waals surface area (Å²) in [4.78, 5) is 21.5. The number of nitro benzene ring substituents is 1. The average Bonchev–Trinajstić information content (AvgIpc) is 2.58. The van der Waals surface area contributed by atoms with Crippen molar-refractivity contribution in [3.63, 3.8) is 0 Å². The van der Waals surface area contributed by atoms with Crippen LogP contribution in [0.25, 0.3) is 0 Å². The van der Waals surface area contributed by atoms with Gasteiger partial charge in [0.2, 0.25) is 0 Å². The Kier molecular flexibility index (Phi) is 5.78. The average molecular weight is 391 g/mol. The zero-order valence-corrected chi connectivity index (χ0v) is 13.1. The lowest BCUT2D eigenvalue weighted by Crippen LogP contribution is -2.34. The fraction of sp³-hybridized carbons (Fsp3) is 0.133. The maximum atomic E-state index is 13.3. The molecule has 2 rings (SSSR count). The Bertz CT molecular complexity index is 873. The Labute approximate surface area is 147 Å². The second kappa shape index (κ2) is 7.85. The van der Waals surface area contributed by atoms with Crippen LogP contribution in [0.4, 0.5) is 33.3 Å². The molecule has 0 radical (unpaired) electrons. The quantitative estimate of drug-likeness (QED) is 0.447. The van der Waals surface area contributed by atoms with E-state index in [4.69, 9.17) is 4.74 Å². The lowest BCUT2D eigenvalue weighted by molar-refractivity contribution is -0.384. The lowest BCUT2D eigenvalue weighted by Gasteiger charge is -2.12. The van der Waals surface area contributed by atoms with Gasteiger partial charge in [-0.2, -0.15) is 13.2 Å². The van der Waals surface area contributed by atoms with Crippen molar-refractivity contribution in [1.82, 2.24) is 5.43 Å². The van der Waals surface area contributed by atoms with Gasteiger partial charge in [-0.3, -0.25) is 25.8 Å². The summed E-state index contributed by atoms with van der Waals surface area (Å²) >= 11 is 0. The van der Waals surface area contributed by atoms with Crippen molar-refractivity contribution in [2.24, 2.45) is 0 Å². The SMILES string of the molecule is O=C(COc1ccc(F)cc1F)NNc1ccc(C(F)(F)F)cc1[N+](=O)[O-]. The van der Waals surface area contributed by atoms with Crippen LogP contribution in [0.2, 0.25) is 0 Å². The highest BCUT2D eigenvalue weighted by molar-refractivity contribution is 5.79. The monoisotopic (exact) mass is 391 g/mol. The summed E-state index contributed by atoms with van der Waals surface area (Å²) in [5, 5.41) is 10.9. The number of nitro groups is 1. The predicted molar refractivity (Wildman–Crippen MR) is 81.7 cm³/mol. The zero-order valence-electron chi connectivity index (χ0n) is 13.1. The van der Waals surface area contributed by atoms with E-state index in [2.05, 4.69) is 5.43 Å². The summed E-state index contributed by atoms with van der Waals surface area (Å²) in [5.74, 6) is -3.23. The molecule has 27 heavy (non-hydrogen) atoms. The van der Waals surface area contributed by atoms with E-state index in [1.165, 1.54) is 0 Å². The number of hydrazine groups is 1. The number of alkyl halides is 3. The molecule has 2 aromatic carbocycles. The molecule has 2 aromatic rings. The summed E-state index contributed by atoms with van der Waals surface area (Å²) in [6.07, 6.45) is -4.78. The van der Waals surface area contributed by atoms with Gasteiger partial charge in [-0.25, -0.2) is 8.78 Å². The van der Waals surface area contributed by atoms with Gasteiger partial charge in [0.1, 0.15) is 11.5 Å². The van der Waals surface area contributed by atoms with Crippen molar-refractivity contribution in [2.45, 2.75) is 6.18 Å². The molecular weight excluding hydrogens is 381 g/mol. The van der Waals surface area contributed by atoms with E-state index in [1.807, 2.05) is 5.43 Å². The van der Waals surface area contributed by atoms with Crippen LogP contribution in [0.3, 0.4) is 0 Å². The molecule has 0 fully saturated rings. The van der Waals surface area contributed by atoms with Gasteiger partial charge in [0, 0.05) is 12.1 Å². The van der Waals surface area contributed by atoms with Crippen LogP contribution in [0, 0.1) is 21.7 Å². The van der Waals surface area contributed by atoms with Crippen LogP contribution in [-0.4, -0.2) is 17.4 Å². The molecule has 0 saturated heterocycles. The van der Waals surface area contributed by atoms with Crippen LogP contribution in [0.5, 0.6) is 5.75 Å². The number of hydrogen-bond donors (Lipinski definition) is 2. The van der Waals surface area contributed by atoms with Crippen LogP contribution in [-0.2, 0) is 11.0 Å². The smallest absolute Gasteiger partial charge is 0.416 e. The van der Waals surface area contributed by atoms with E-state index in [0.717, 1.165) is 18.2 Å². The topological polar surface area (TPSA) is 93.5 Å². The first-order valence-electron chi connectivity index (χ1n) is 7.06. The molecule has 0 aliphatic heterocycles. The minimum Gasteiger partial charge on any atom is -0.481 e. The first-order valence-corrected chi connectivity index (χ1v) is 7.06. The van der Waals surface area contributed by atoms with Crippen molar-refractivity contribution >= 4 is 17.3 Å². The molecule has 0 saturated carbocycles. The normalized spacial score (nSPS) is 11.0. The fourth-order valence-electron chi connectivity index (χ4n) is 1.87. The highest BCUT2D eigenvalue weighted by Crippen LogP contribution is 2.34. The van der Waals surface area contributed by atoms with E-state index in [9.17, 15) is 36.9 Å². The largest absolute Gasteiger partial charge is 0.481 e. The Balaban J connectivity index is 2.01. The molecule has 1 amide bonds. The maximum Gasteiger partial charge on any atom is 0.416 e. The number of nitrogens with zero attached hydrogens (tertiary/aromatic N) is 1. The summed E-state index contributed by atoms with van der Waals surface area (Å²) in [6.45, 7) is -0.746. The molecule has 0 atom stereocenters. The molecule has 0 bridgehead atoms. The fourth-order valence-corrected chi connectivity index (χ4v) is 1.87. The third-order valence-electron chi connectivity index (χ3n) is 3.11. The van der Waals surface area contributed by atoms with E-state index in [0.29, 0.717) is 18.2 Å². The number of rotatable bonds is 6. The number of benzene rings is 2. The minimum absolute atomic E-state index is 0.304. The molecule has 0 spiro atoms. The first kappa shape index (κ1) is 19.9. The molecule has 7 nitrogen and oxygen atoms in total. The Morgan fingerprint density at radius 1 is 1.15 bits per heavy atom. The molecule has 2 N–H and O–H groups in total. The Morgan fingerprint density at radius 3 is 2.44 bits per heavy atom. The number of carbonyl (C=O) groups excluding carboxylic acids is 1. The highest BCUT2D eigenvalue weighted by atomic mass is 19.4. The van der Waals surface area contributed by atoms with Gasteiger partial charge in [0.05, 0.1) is 10.5 Å². The van der Waals surface area contributed by atoms with Crippen molar-refractivity contribution in [1.29, 1.82) is 0 Å². The summed E-state index contributed by atoms with van der Waals surface area (Å²) in [5.41, 5.74) is 1.48. The molecule has 0 heterocycles. The van der Waals surface area contributed by atoms with Gasteiger partial charge in [-0.1, -0.05) is 0 Å². The maximum absolute atomic E-state index is 13.3. The van der Waals surface area contributed by atoms with Gasteiger partial charge in [-0.15, -0.1) is 0 Å². The summed E-state index contributed by atoms with van der Waals surface area (Å²) < 4.78 is 68.7. The zero-order chi connectivity index (χ0) is 20.2. The number of anilines is 1. The Morgan fingerprint density at radius 2 is 1.85 bits per heavy atom. The number of ether oxygens (including phenoxy) is 1. The van der Waals surface area contributed by atoms with Gasteiger partial charge in [0.25, 0.3) is 11.6 Å². The predicted octanol–water partition coefficient (Wildman–Crippen LogP) is 3.41. The summed E-state index contributed by atoms with van der Waals surface area (Å²) in [6, 6.07) is 4.05. The van der Waals surface area contributed by atoms with Crippen LogP contribution in [0.15, 0.2) is 36.4 Å². The standard InChI is InChI=1S/C15H10F5N3O4/c16-9-2-4-13(10(17)6-9)27-7-14(24)22-21-11-3-1-8(15(18,19)20)5-12(11)23(25)26/h1-6,21H,7H2,(H,22,24). The van der Waals surface area contributed by atoms with Gasteiger partial charge >= 0.3 is 6.18 Å². The minimum atomic E-state index is -4.78. The van der Waals surface area contributed by atoms with Gasteiger partial charge in [0.15, 0.2) is 18.2 Å². The second-order valence-electron chi connectivity index (χ2n) is 5.02. The third-order valence-corrected chi connectivity index (χ3v) is 3.11. The molecule has 0 aliphatic carbocycles.